The average Bonchev–Trinajstić information content (AvgIpc) is 2.46. The Hall–Kier alpha value is -1.34. The molecule has 0 aliphatic heterocycles. The molecule has 1 aliphatic carbocycles. The van der Waals surface area contributed by atoms with Crippen LogP contribution in [0.2, 0.25) is 0 Å². The average molecular weight is 253 g/mol. The Morgan fingerprint density at radius 1 is 1.16 bits per heavy atom. The van der Waals surface area contributed by atoms with E-state index in [-0.39, 0.29) is 5.54 Å². The van der Waals surface area contributed by atoms with E-state index in [1.807, 2.05) is 0 Å². The van der Waals surface area contributed by atoms with Crippen LogP contribution < -0.4 is 5.73 Å². The topological polar surface area (TPSA) is 26.0 Å². The van der Waals surface area contributed by atoms with Gasteiger partial charge in [-0.05, 0) is 41.2 Å². The maximum Gasteiger partial charge on any atom is 0.0412 e. The van der Waals surface area contributed by atoms with E-state index in [1.54, 1.807) is 0 Å². The molecule has 1 saturated carbocycles. The van der Waals surface area contributed by atoms with E-state index in [2.05, 4.69) is 49.4 Å². The van der Waals surface area contributed by atoms with Crippen molar-refractivity contribution in [3.8, 4) is 0 Å². The molecule has 0 aromatic heterocycles. The number of hydrogen-bond acceptors (Lipinski definition) is 1. The van der Waals surface area contributed by atoms with Crippen molar-refractivity contribution in [2.75, 3.05) is 0 Å². The molecule has 1 heteroatoms. The van der Waals surface area contributed by atoms with Crippen molar-refractivity contribution in [1.82, 2.24) is 0 Å². The second-order valence-electron chi connectivity index (χ2n) is 6.09. The second-order valence-corrected chi connectivity index (χ2v) is 6.09. The molecule has 1 nitrogen and oxygen atoms in total. The number of fused-ring (bicyclic) bond motifs is 1. The van der Waals surface area contributed by atoms with Gasteiger partial charge < -0.3 is 5.73 Å². The first-order chi connectivity index (χ1) is 9.21. The van der Waals surface area contributed by atoms with Gasteiger partial charge in [0.15, 0.2) is 0 Å². The van der Waals surface area contributed by atoms with Gasteiger partial charge in [-0.25, -0.2) is 0 Å². The molecule has 2 aromatic carbocycles. The van der Waals surface area contributed by atoms with Crippen LogP contribution in [-0.2, 0) is 5.54 Å². The summed E-state index contributed by atoms with van der Waals surface area (Å²) in [7, 11) is 0. The molecule has 1 aliphatic rings. The smallest absolute Gasteiger partial charge is 0.0412 e. The second kappa shape index (κ2) is 4.97. The summed E-state index contributed by atoms with van der Waals surface area (Å²) in [6.45, 7) is 2.29. The van der Waals surface area contributed by atoms with Gasteiger partial charge in [-0.2, -0.15) is 0 Å². The fraction of sp³-hybridized carbons (Fsp3) is 0.444. The van der Waals surface area contributed by atoms with Crippen LogP contribution in [0.4, 0.5) is 0 Å². The summed E-state index contributed by atoms with van der Waals surface area (Å²) in [5.74, 6) is 0.797. The van der Waals surface area contributed by atoms with Gasteiger partial charge in [0.2, 0.25) is 0 Å². The van der Waals surface area contributed by atoms with Gasteiger partial charge in [-0.3, -0.25) is 0 Å². The zero-order chi connectivity index (χ0) is 13.3. The molecule has 2 N–H and O–H groups in total. The molecule has 0 heterocycles. The van der Waals surface area contributed by atoms with Crippen LogP contribution in [0.5, 0.6) is 0 Å². The normalized spacial score (nSPS) is 27.6. The van der Waals surface area contributed by atoms with Crippen molar-refractivity contribution in [3.63, 3.8) is 0 Å². The lowest BCUT2D eigenvalue weighted by molar-refractivity contribution is 0.221. The number of rotatable bonds is 2. The third-order valence-corrected chi connectivity index (χ3v) is 4.79. The lowest BCUT2D eigenvalue weighted by Gasteiger charge is -2.38. The predicted molar refractivity (Wildman–Crippen MR) is 82.1 cm³/mol. The molecule has 1 fully saturated rings. The minimum atomic E-state index is -0.108. The summed E-state index contributed by atoms with van der Waals surface area (Å²) in [6.07, 6.45) is 6.14. The Balaban J connectivity index is 1.98. The Morgan fingerprint density at radius 3 is 2.74 bits per heavy atom. The summed E-state index contributed by atoms with van der Waals surface area (Å²) >= 11 is 0. The van der Waals surface area contributed by atoms with E-state index in [9.17, 15) is 0 Å². The Kier molecular flexibility index (Phi) is 3.32. The number of benzene rings is 2. The molecule has 0 amide bonds. The molecule has 19 heavy (non-hydrogen) atoms. The first-order valence-electron chi connectivity index (χ1n) is 7.49. The van der Waals surface area contributed by atoms with E-state index < -0.39 is 0 Å². The van der Waals surface area contributed by atoms with Crippen molar-refractivity contribution in [1.29, 1.82) is 0 Å². The predicted octanol–water partition coefficient (Wildman–Crippen LogP) is 4.59. The van der Waals surface area contributed by atoms with Gasteiger partial charge in [0.25, 0.3) is 0 Å². The maximum atomic E-state index is 6.74. The van der Waals surface area contributed by atoms with Crippen molar-refractivity contribution >= 4 is 10.8 Å². The fourth-order valence-corrected chi connectivity index (χ4v) is 3.54. The van der Waals surface area contributed by atoms with Crippen LogP contribution in [0.25, 0.3) is 10.8 Å². The molecule has 0 spiro atoms. The van der Waals surface area contributed by atoms with Crippen molar-refractivity contribution < 1.29 is 0 Å². The zero-order valence-electron chi connectivity index (χ0n) is 11.7. The van der Waals surface area contributed by atoms with Gasteiger partial charge in [0, 0.05) is 5.54 Å². The van der Waals surface area contributed by atoms with E-state index in [1.165, 1.54) is 35.6 Å². The van der Waals surface area contributed by atoms with Gasteiger partial charge in [-0.15, -0.1) is 0 Å². The Labute approximate surface area is 115 Å². The van der Waals surface area contributed by atoms with Gasteiger partial charge in [0.05, 0.1) is 0 Å². The summed E-state index contributed by atoms with van der Waals surface area (Å²) in [5.41, 5.74) is 7.95. The van der Waals surface area contributed by atoms with Crippen LogP contribution >= 0.6 is 0 Å². The first kappa shape index (κ1) is 12.7. The molecule has 3 rings (SSSR count). The largest absolute Gasteiger partial charge is 0.321 e. The van der Waals surface area contributed by atoms with Crippen molar-refractivity contribution in [2.45, 2.75) is 44.6 Å². The van der Waals surface area contributed by atoms with Gasteiger partial charge in [0.1, 0.15) is 0 Å². The number of nitrogens with two attached hydrogens (primary N) is 1. The van der Waals surface area contributed by atoms with Crippen molar-refractivity contribution in [3.05, 3.63) is 48.0 Å². The highest BCUT2D eigenvalue weighted by molar-refractivity contribution is 5.83. The lowest BCUT2D eigenvalue weighted by Crippen LogP contribution is -2.41. The molecule has 0 saturated heterocycles. The summed E-state index contributed by atoms with van der Waals surface area (Å²) in [4.78, 5) is 0. The summed E-state index contributed by atoms with van der Waals surface area (Å²) < 4.78 is 0. The van der Waals surface area contributed by atoms with Crippen LogP contribution in [0.1, 0.15) is 44.6 Å². The molecule has 0 radical (unpaired) electrons. The third kappa shape index (κ3) is 2.40. The van der Waals surface area contributed by atoms with E-state index in [0.29, 0.717) is 0 Å². The van der Waals surface area contributed by atoms with Gasteiger partial charge >= 0.3 is 0 Å². The first-order valence-corrected chi connectivity index (χ1v) is 7.49. The lowest BCUT2D eigenvalue weighted by atomic mass is 9.71. The molecule has 2 atom stereocenters. The Bertz CT molecular complexity index is 575. The molecular formula is C18H23N. The molecule has 2 aromatic rings. The number of hydrogen-bond donors (Lipinski definition) is 1. The molecule has 100 valence electrons. The minimum Gasteiger partial charge on any atom is -0.321 e. The van der Waals surface area contributed by atoms with Crippen LogP contribution in [0, 0.1) is 5.92 Å². The fourth-order valence-electron chi connectivity index (χ4n) is 3.54. The standard InChI is InChI=1S/C18H23N/c1-2-14-6-5-11-18(19,13-14)17-10-9-15-7-3-4-8-16(15)12-17/h3-4,7-10,12,14H,2,5-6,11,13,19H2,1H3. The highest BCUT2D eigenvalue weighted by atomic mass is 14.7. The third-order valence-electron chi connectivity index (χ3n) is 4.79. The minimum absolute atomic E-state index is 0.108. The van der Waals surface area contributed by atoms with Gasteiger partial charge in [-0.1, -0.05) is 62.6 Å². The van der Waals surface area contributed by atoms with Crippen LogP contribution in [0.15, 0.2) is 42.5 Å². The highest BCUT2D eigenvalue weighted by Crippen LogP contribution is 2.39. The molecular weight excluding hydrogens is 230 g/mol. The molecule has 2 unspecified atom stereocenters. The van der Waals surface area contributed by atoms with E-state index in [4.69, 9.17) is 5.73 Å². The van der Waals surface area contributed by atoms with E-state index >= 15 is 0 Å². The maximum absolute atomic E-state index is 6.74. The summed E-state index contributed by atoms with van der Waals surface area (Å²) in [6, 6.07) is 15.3. The van der Waals surface area contributed by atoms with E-state index in [0.717, 1.165) is 18.8 Å². The van der Waals surface area contributed by atoms with Crippen molar-refractivity contribution in [2.24, 2.45) is 11.7 Å². The van der Waals surface area contributed by atoms with Crippen LogP contribution in [-0.4, -0.2) is 0 Å². The SMILES string of the molecule is CCC1CCCC(N)(c2ccc3ccccc3c2)C1. The quantitative estimate of drug-likeness (QED) is 0.832. The van der Waals surface area contributed by atoms with Crippen LogP contribution in [0.3, 0.4) is 0 Å². The highest BCUT2D eigenvalue weighted by Gasteiger charge is 2.33. The zero-order valence-corrected chi connectivity index (χ0v) is 11.7. The monoisotopic (exact) mass is 253 g/mol. The summed E-state index contributed by atoms with van der Waals surface area (Å²) in [5, 5.41) is 2.61. The Morgan fingerprint density at radius 2 is 1.95 bits per heavy atom. The molecule has 0 bridgehead atoms.